The average Bonchev–Trinajstić information content (AvgIpc) is 2.99. The Kier molecular flexibility index (Phi) is 9.66. The lowest BCUT2D eigenvalue weighted by atomic mass is 9.90. The van der Waals surface area contributed by atoms with E-state index >= 15 is 0 Å². The fourth-order valence-electron chi connectivity index (χ4n) is 5.13. The second kappa shape index (κ2) is 13.2. The molecule has 2 fully saturated rings. The molecule has 3 heterocycles. The number of aliphatic hydroxyl groups excluding tert-OH is 1. The van der Waals surface area contributed by atoms with E-state index in [0.29, 0.717) is 5.69 Å². The maximum absolute atomic E-state index is 12.2. The molecule has 0 radical (unpaired) electrons. The van der Waals surface area contributed by atoms with Gasteiger partial charge in [-0.25, -0.2) is 9.97 Å². The van der Waals surface area contributed by atoms with Gasteiger partial charge in [0, 0.05) is 62.3 Å². The number of aromatic nitrogens is 2. The number of benzene rings is 2. The van der Waals surface area contributed by atoms with Crippen LogP contribution in [0.5, 0.6) is 0 Å². The largest absolute Gasteiger partial charge is 0.392 e. The van der Waals surface area contributed by atoms with E-state index in [-0.39, 0.29) is 24.7 Å². The number of nitrogens with zero attached hydrogens (tertiary/aromatic N) is 4. The molecule has 41 heavy (non-hydrogen) atoms. The number of hydrogen-bond donors (Lipinski definition) is 2. The van der Waals surface area contributed by atoms with Gasteiger partial charge in [-0.15, -0.1) is 0 Å². The average molecular weight is 621 g/mol. The number of rotatable bonds is 7. The molecule has 218 valence electrons. The molecule has 2 aliphatic heterocycles. The van der Waals surface area contributed by atoms with Crippen LogP contribution in [0, 0.1) is 5.92 Å². The zero-order chi connectivity index (χ0) is 29.0. The molecule has 0 spiro atoms. The van der Waals surface area contributed by atoms with Gasteiger partial charge in [0.05, 0.1) is 18.8 Å². The molecule has 0 bridgehead atoms. The van der Waals surface area contributed by atoms with Crippen LogP contribution in [0.2, 0.25) is 0 Å². The summed E-state index contributed by atoms with van der Waals surface area (Å²) in [6, 6.07) is 16.7. The van der Waals surface area contributed by atoms with E-state index in [2.05, 4.69) is 32.0 Å². The third-order valence-corrected chi connectivity index (χ3v) is 7.96. The Morgan fingerprint density at radius 3 is 2.37 bits per heavy atom. The Hall–Kier alpha value is -2.50. The maximum Gasteiger partial charge on any atom is 0.276 e. The molecule has 2 N–H and O–H groups in total. The van der Waals surface area contributed by atoms with Gasteiger partial charge in [0.15, 0.2) is 6.29 Å². The van der Waals surface area contributed by atoms with Gasteiger partial charge in [0.25, 0.3) is 9.70 Å². The predicted molar refractivity (Wildman–Crippen MR) is 159 cm³/mol. The molecular formula is C29H32Cl3N5O4. The minimum atomic E-state index is -2.09. The van der Waals surface area contributed by atoms with Crippen LogP contribution < -0.4 is 10.2 Å². The van der Waals surface area contributed by atoms with Gasteiger partial charge in [-0.2, -0.15) is 0 Å². The van der Waals surface area contributed by atoms with Crippen molar-refractivity contribution >= 4 is 52.3 Å². The molecule has 2 aliphatic rings. The zero-order valence-corrected chi connectivity index (χ0v) is 24.8. The van der Waals surface area contributed by atoms with Crippen molar-refractivity contribution in [1.29, 1.82) is 0 Å². The number of alkyl halides is 3. The summed E-state index contributed by atoms with van der Waals surface area (Å²) in [4.78, 5) is 25.6. The van der Waals surface area contributed by atoms with E-state index in [1.165, 1.54) is 0 Å². The molecule has 1 aromatic heterocycles. The lowest BCUT2D eigenvalue weighted by Crippen LogP contribution is -2.51. The zero-order valence-electron chi connectivity index (χ0n) is 22.5. The second-order valence-electron chi connectivity index (χ2n) is 10.2. The molecule has 12 heteroatoms. The summed E-state index contributed by atoms with van der Waals surface area (Å²) in [5.74, 6) is 0.0310. The number of anilines is 2. The second-order valence-corrected chi connectivity index (χ2v) is 12.5. The molecule has 2 saturated heterocycles. The SMILES string of the molecule is CC1C(CN2CCN(c3ncccn3)CC2)OC(c2cccc(NC(=O)C(Cl)(Cl)Cl)c2)OC1c1ccc(CO)cc1. The van der Waals surface area contributed by atoms with Crippen LogP contribution in [-0.4, -0.2) is 68.5 Å². The molecule has 0 aliphatic carbocycles. The lowest BCUT2D eigenvalue weighted by molar-refractivity contribution is -0.276. The minimum Gasteiger partial charge on any atom is -0.392 e. The van der Waals surface area contributed by atoms with E-state index in [1.807, 2.05) is 36.4 Å². The number of ether oxygens (including phenoxy) is 2. The Morgan fingerprint density at radius 2 is 1.71 bits per heavy atom. The smallest absolute Gasteiger partial charge is 0.276 e. The van der Waals surface area contributed by atoms with Crippen molar-refractivity contribution in [1.82, 2.24) is 14.9 Å². The van der Waals surface area contributed by atoms with Crippen molar-refractivity contribution in [3.8, 4) is 0 Å². The van der Waals surface area contributed by atoms with Gasteiger partial charge in [0.2, 0.25) is 5.95 Å². The van der Waals surface area contributed by atoms with Crippen molar-refractivity contribution in [2.75, 3.05) is 42.9 Å². The predicted octanol–water partition coefficient (Wildman–Crippen LogP) is 4.89. The summed E-state index contributed by atoms with van der Waals surface area (Å²) in [5.41, 5.74) is 3.02. The first-order chi connectivity index (χ1) is 19.7. The summed E-state index contributed by atoms with van der Waals surface area (Å²) < 4.78 is 11.1. The highest BCUT2D eigenvalue weighted by molar-refractivity contribution is 6.76. The first-order valence-electron chi connectivity index (χ1n) is 13.4. The van der Waals surface area contributed by atoms with Gasteiger partial charge in [-0.3, -0.25) is 9.69 Å². The van der Waals surface area contributed by atoms with Crippen LogP contribution in [0.25, 0.3) is 0 Å². The normalized spacial score (nSPS) is 23.8. The quantitative estimate of drug-likeness (QED) is 0.360. The van der Waals surface area contributed by atoms with E-state index in [1.54, 1.807) is 30.6 Å². The Balaban J connectivity index is 1.34. The van der Waals surface area contributed by atoms with E-state index in [0.717, 1.165) is 55.4 Å². The number of hydrogen-bond acceptors (Lipinski definition) is 8. The van der Waals surface area contributed by atoms with Crippen molar-refractivity contribution in [3.63, 3.8) is 0 Å². The standard InChI is InChI=1S/C29H32Cl3N5O4/c1-19-24(17-36-12-14-37(15-13-36)28-33-10-3-11-34-28)40-26(41-25(19)21-8-6-20(18-38)7-9-21)22-4-2-5-23(16-22)35-27(39)29(30,31)32/h2-11,16,19,24-26,38H,12-15,17-18H2,1H3,(H,35,39). The molecule has 4 atom stereocenters. The number of piperazine rings is 1. The minimum absolute atomic E-state index is 0.0254. The van der Waals surface area contributed by atoms with E-state index < -0.39 is 16.0 Å². The third-order valence-electron chi connectivity index (χ3n) is 7.44. The molecule has 5 rings (SSSR count). The first-order valence-corrected chi connectivity index (χ1v) is 14.6. The highest BCUT2D eigenvalue weighted by Crippen LogP contribution is 2.42. The highest BCUT2D eigenvalue weighted by Gasteiger charge is 2.40. The third kappa shape index (κ3) is 7.48. The Bertz CT molecular complexity index is 1300. The lowest BCUT2D eigenvalue weighted by Gasteiger charge is -2.44. The molecule has 3 aromatic rings. The Morgan fingerprint density at radius 1 is 1.00 bits per heavy atom. The van der Waals surface area contributed by atoms with Gasteiger partial charge in [-0.05, 0) is 29.3 Å². The molecule has 1 amide bonds. The van der Waals surface area contributed by atoms with Crippen LogP contribution in [0.3, 0.4) is 0 Å². The summed E-state index contributed by atoms with van der Waals surface area (Å²) in [6.07, 6.45) is 2.43. The summed E-state index contributed by atoms with van der Waals surface area (Å²) >= 11 is 17.2. The van der Waals surface area contributed by atoms with Crippen molar-refractivity contribution < 1.29 is 19.4 Å². The monoisotopic (exact) mass is 619 g/mol. The van der Waals surface area contributed by atoms with Crippen LogP contribution >= 0.6 is 34.8 Å². The molecule has 4 unspecified atom stereocenters. The van der Waals surface area contributed by atoms with Gasteiger partial charge >= 0.3 is 0 Å². The molecular weight excluding hydrogens is 589 g/mol. The molecule has 2 aromatic carbocycles. The summed E-state index contributed by atoms with van der Waals surface area (Å²) in [5, 5.41) is 12.1. The van der Waals surface area contributed by atoms with Gasteiger partial charge in [-0.1, -0.05) is 78.1 Å². The number of amides is 1. The van der Waals surface area contributed by atoms with Gasteiger partial charge < -0.3 is 24.8 Å². The van der Waals surface area contributed by atoms with E-state index in [4.69, 9.17) is 44.3 Å². The number of aliphatic hydroxyl groups is 1. The van der Waals surface area contributed by atoms with Crippen LogP contribution in [-0.2, 0) is 20.9 Å². The van der Waals surface area contributed by atoms with Crippen molar-refractivity contribution in [2.24, 2.45) is 5.92 Å². The highest BCUT2D eigenvalue weighted by atomic mass is 35.6. The van der Waals surface area contributed by atoms with Crippen LogP contribution in [0.4, 0.5) is 11.6 Å². The number of carbonyl (C=O) groups excluding carboxylic acids is 1. The summed E-state index contributed by atoms with van der Waals surface area (Å²) in [6.45, 7) is 6.18. The molecule has 9 nitrogen and oxygen atoms in total. The van der Waals surface area contributed by atoms with Crippen molar-refractivity contribution in [2.45, 2.75) is 35.8 Å². The van der Waals surface area contributed by atoms with Gasteiger partial charge in [0.1, 0.15) is 0 Å². The van der Waals surface area contributed by atoms with Crippen LogP contribution in [0.15, 0.2) is 67.0 Å². The summed E-state index contributed by atoms with van der Waals surface area (Å²) in [7, 11) is 0. The Labute approximate surface area is 254 Å². The first kappa shape index (κ1) is 30.0. The number of carbonyl (C=O) groups is 1. The fourth-order valence-corrected chi connectivity index (χ4v) is 5.27. The number of nitrogens with one attached hydrogen (secondary N) is 1. The fraction of sp³-hybridized carbons (Fsp3) is 0.414. The van der Waals surface area contributed by atoms with Crippen LogP contribution in [0.1, 0.15) is 36.0 Å². The number of halogens is 3. The van der Waals surface area contributed by atoms with E-state index in [9.17, 15) is 9.90 Å². The topological polar surface area (TPSA) is 100 Å². The maximum atomic E-state index is 12.2. The molecule has 0 saturated carbocycles. The van der Waals surface area contributed by atoms with Crippen molar-refractivity contribution in [3.05, 3.63) is 83.7 Å².